The molecular weight excluding hydrogens is 899 g/mol. The summed E-state index contributed by atoms with van der Waals surface area (Å²) in [4.78, 5) is 63.4. The van der Waals surface area contributed by atoms with Gasteiger partial charge in [0.15, 0.2) is 0 Å². The lowest BCUT2D eigenvalue weighted by atomic mass is 9.84. The molecule has 16 nitrogen and oxygen atoms in total. The minimum Gasteiger partial charge on any atom is -0.508 e. The summed E-state index contributed by atoms with van der Waals surface area (Å²) in [5.41, 5.74) is 8.96. The van der Waals surface area contributed by atoms with Crippen molar-refractivity contribution in [2.45, 2.75) is 118 Å². The fourth-order valence-electron chi connectivity index (χ4n) is 10.0. The number of nitrogens with one attached hydrogen (secondary N) is 2. The van der Waals surface area contributed by atoms with Gasteiger partial charge in [0, 0.05) is 80.3 Å². The van der Waals surface area contributed by atoms with Gasteiger partial charge in [-0.05, 0) is 106 Å². The van der Waals surface area contributed by atoms with E-state index in [1.165, 1.54) is 27.3 Å². The second kappa shape index (κ2) is 22.0. The van der Waals surface area contributed by atoms with Crippen LogP contribution in [-0.2, 0) is 58.1 Å². The molecule has 69 heavy (non-hydrogen) atoms. The number of carbonyl (C=O) groups is 4. The van der Waals surface area contributed by atoms with Gasteiger partial charge < -0.3 is 29.4 Å². The number of carbonyl (C=O) groups excluding carboxylic acids is 4. The number of phenols is 1. The lowest BCUT2D eigenvalue weighted by molar-refractivity contribution is -0.155. The molecule has 4 heterocycles. The molecule has 3 N–H and O–H groups in total. The number of cyclic esters (lactones) is 1. The molecule has 0 radical (unpaired) electrons. The molecule has 1 aromatic heterocycles. The Morgan fingerprint density at radius 2 is 1.84 bits per heavy atom. The number of rotatable bonds is 13. The molecule has 6 bridgehead atoms. The largest absolute Gasteiger partial charge is 0.508 e. The van der Waals surface area contributed by atoms with E-state index in [0.29, 0.717) is 49.1 Å². The Morgan fingerprint density at radius 1 is 1.10 bits per heavy atom. The van der Waals surface area contributed by atoms with Gasteiger partial charge in [0.1, 0.15) is 23.9 Å². The Bertz CT molecular complexity index is 2650. The van der Waals surface area contributed by atoms with Gasteiger partial charge in [-0.2, -0.15) is 4.31 Å². The van der Waals surface area contributed by atoms with E-state index in [9.17, 15) is 32.7 Å². The number of hydrogen-bond acceptors (Lipinski definition) is 11. The number of likely N-dealkylation sites (N-methyl/N-ethyl adjacent to an activating group) is 1. The van der Waals surface area contributed by atoms with E-state index in [-0.39, 0.29) is 50.4 Å². The number of esters is 1. The van der Waals surface area contributed by atoms with E-state index in [0.717, 1.165) is 38.7 Å². The first-order valence-corrected chi connectivity index (χ1v) is 25.5. The number of nitrogens with zero attached hydrogens (tertiary/aromatic N) is 5. The molecule has 2 fully saturated rings. The molecule has 17 heteroatoms. The van der Waals surface area contributed by atoms with E-state index in [1.54, 1.807) is 46.2 Å². The zero-order valence-corrected chi connectivity index (χ0v) is 42.7. The zero-order valence-electron chi connectivity index (χ0n) is 41.9. The van der Waals surface area contributed by atoms with Crippen molar-refractivity contribution >= 4 is 56.4 Å². The second-order valence-electron chi connectivity index (χ2n) is 19.5. The number of aliphatic imine (C=N–C) groups is 1. The quantitative estimate of drug-likeness (QED) is 0.0985. The summed E-state index contributed by atoms with van der Waals surface area (Å²) >= 11 is 0. The molecule has 6 rings (SSSR count). The summed E-state index contributed by atoms with van der Waals surface area (Å²) in [6.07, 6.45) is 6.27. The molecule has 0 unspecified atom stereocenters. The van der Waals surface area contributed by atoms with Gasteiger partial charge in [-0.1, -0.05) is 58.6 Å². The van der Waals surface area contributed by atoms with E-state index < -0.39 is 63.2 Å². The topological polar surface area (TPSA) is 192 Å². The summed E-state index contributed by atoms with van der Waals surface area (Å²) in [7, 11) is -0.521. The first-order chi connectivity index (χ1) is 32.7. The number of phenolic OH excluding ortho intramolecular Hbond substituents is 1. The van der Waals surface area contributed by atoms with Crippen molar-refractivity contribution in [1.82, 2.24) is 29.5 Å². The number of allylic oxidation sites excluding steroid dienone is 3. The van der Waals surface area contributed by atoms with Crippen molar-refractivity contribution in [3.63, 3.8) is 0 Å². The van der Waals surface area contributed by atoms with Gasteiger partial charge in [-0.3, -0.25) is 29.2 Å². The number of aryl methyl sites for hydroxylation is 1. The Kier molecular flexibility index (Phi) is 16.8. The highest BCUT2D eigenvalue weighted by atomic mass is 32.2. The third-order valence-electron chi connectivity index (χ3n) is 13.4. The second-order valence-corrected chi connectivity index (χ2v) is 21.3. The van der Waals surface area contributed by atoms with E-state index in [2.05, 4.69) is 40.9 Å². The van der Waals surface area contributed by atoms with Crippen LogP contribution in [0.4, 0.5) is 0 Å². The van der Waals surface area contributed by atoms with Gasteiger partial charge in [0.25, 0.3) is 5.91 Å². The molecule has 0 saturated carbocycles. The molecule has 5 atom stereocenters. The van der Waals surface area contributed by atoms with Crippen LogP contribution < -0.4 is 10.7 Å². The number of hydrazine groups is 1. The molecular formula is C52H71N7O9S. The molecule has 2 aromatic carbocycles. The van der Waals surface area contributed by atoms with Crippen molar-refractivity contribution in [3.8, 4) is 16.9 Å². The summed E-state index contributed by atoms with van der Waals surface area (Å²) in [5, 5.41) is 17.7. The fraction of sp³-hybridized carbons (Fsp3) is 0.519. The summed E-state index contributed by atoms with van der Waals surface area (Å²) < 4.78 is 41.0. The number of fused-ring (bicyclic) bond motifs is 6. The minimum atomic E-state index is -3.69. The maximum atomic E-state index is 14.8. The van der Waals surface area contributed by atoms with Gasteiger partial charge in [0.05, 0.1) is 30.0 Å². The van der Waals surface area contributed by atoms with Crippen molar-refractivity contribution in [2.24, 2.45) is 22.2 Å². The predicted octanol–water partition coefficient (Wildman–Crippen LogP) is 6.37. The van der Waals surface area contributed by atoms with Crippen LogP contribution in [0.3, 0.4) is 0 Å². The van der Waals surface area contributed by atoms with Crippen LogP contribution in [0.1, 0.15) is 91.5 Å². The Balaban J connectivity index is 1.45. The molecule has 3 aliphatic heterocycles. The highest BCUT2D eigenvalue weighted by molar-refractivity contribution is 7.92. The normalized spacial score (nSPS) is 21.8. The Labute approximate surface area is 407 Å². The van der Waals surface area contributed by atoms with Crippen molar-refractivity contribution in [3.05, 3.63) is 83.1 Å². The van der Waals surface area contributed by atoms with Crippen LogP contribution in [0.25, 0.3) is 27.6 Å². The van der Waals surface area contributed by atoms with Gasteiger partial charge in [0.2, 0.25) is 21.8 Å². The SMILES string of the molecule is C=C/C(=C(\N=CC)[C@H](C)OC)c1c2c3cc(ccc3n1CC)-c1cc(O)cc(c1)C[C@H](NC(=O)[C@H](C(C)C)N(C)C(=O)[C@H]1CCN(S(=O)(=O)/C=C/C)C1)C(=O)N1CCC[C@H](N1)C(=O)OCC(C)(C)C2. The minimum absolute atomic E-state index is 0.0136. The molecule has 0 spiro atoms. The van der Waals surface area contributed by atoms with Crippen LogP contribution in [0.2, 0.25) is 0 Å². The van der Waals surface area contributed by atoms with E-state index >= 15 is 0 Å². The molecule has 3 aromatic rings. The van der Waals surface area contributed by atoms with Crippen LogP contribution in [0.15, 0.2) is 71.2 Å². The van der Waals surface area contributed by atoms with E-state index in [4.69, 9.17) is 14.5 Å². The number of hydrogen-bond donors (Lipinski definition) is 3. The molecule has 0 aliphatic carbocycles. The highest BCUT2D eigenvalue weighted by Gasteiger charge is 2.41. The van der Waals surface area contributed by atoms with Crippen molar-refractivity contribution in [1.29, 1.82) is 0 Å². The molecule has 2 saturated heterocycles. The lowest BCUT2D eigenvalue weighted by Gasteiger charge is -2.37. The Hall–Kier alpha value is -5.62. The van der Waals surface area contributed by atoms with Crippen LogP contribution in [-0.4, -0.2) is 127 Å². The first kappa shape index (κ1) is 52.7. The van der Waals surface area contributed by atoms with Crippen molar-refractivity contribution < 1.29 is 42.2 Å². The van der Waals surface area contributed by atoms with Gasteiger partial charge in [-0.25, -0.2) is 13.8 Å². The summed E-state index contributed by atoms with van der Waals surface area (Å²) in [5.74, 6) is -3.09. The average Bonchev–Trinajstić information content (AvgIpc) is 3.93. The van der Waals surface area contributed by atoms with E-state index in [1.807, 2.05) is 45.9 Å². The van der Waals surface area contributed by atoms with Crippen molar-refractivity contribution in [2.75, 3.05) is 40.4 Å². The average molecular weight is 970 g/mol. The summed E-state index contributed by atoms with van der Waals surface area (Å²) in [6, 6.07) is 8.19. The van der Waals surface area contributed by atoms with Gasteiger partial charge >= 0.3 is 5.97 Å². The van der Waals surface area contributed by atoms with Crippen LogP contribution >= 0.6 is 0 Å². The molecule has 374 valence electrons. The van der Waals surface area contributed by atoms with Gasteiger partial charge in [-0.15, -0.1) is 0 Å². The highest BCUT2D eigenvalue weighted by Crippen LogP contribution is 2.41. The number of aromatic hydroxyl groups is 1. The molecule has 3 aliphatic rings. The van der Waals surface area contributed by atoms with Crippen LogP contribution in [0, 0.1) is 17.3 Å². The lowest BCUT2D eigenvalue weighted by Crippen LogP contribution is -2.62. The standard InChI is InChI=1S/C52H71N7O9S/c1-12-23-69(65,66)57-22-20-36(30-57)49(62)56(10)46(32(5)6)48(61)54-43-26-34-24-37(27-38(60)25-34)35-18-19-44-40(28-35)41(47(58(44)15-4)39(13-2)45(53-14-3)33(7)67-11)29-52(8,9)31-68-51(64)42-17-16-21-59(55-42)50(43)63/h12-14,18-19,23-25,27-28,32-33,36,42-43,46,55,60H,2,15-17,20-22,26,29-31H2,1,3-11H3,(H,54,61)/b23-12+,45-39+,53-14?/t33-,36-,42-,43-,46-/m0/s1. The monoisotopic (exact) mass is 970 g/mol. The fourth-order valence-corrected chi connectivity index (χ4v) is 11.3. The number of amides is 3. The maximum absolute atomic E-state index is 14.8. The number of methoxy groups -OCH3 is 1. The third-order valence-corrected chi connectivity index (χ3v) is 15.1. The van der Waals surface area contributed by atoms with Crippen LogP contribution in [0.5, 0.6) is 5.75 Å². The zero-order chi connectivity index (χ0) is 50.5. The number of aromatic nitrogens is 1. The first-order valence-electron chi connectivity index (χ1n) is 24.0. The third kappa shape index (κ3) is 11.5. The smallest absolute Gasteiger partial charge is 0.324 e. The number of ether oxygens (including phenoxy) is 2. The number of sulfonamides is 1. The number of benzene rings is 2. The Morgan fingerprint density at radius 3 is 2.49 bits per heavy atom. The predicted molar refractivity (Wildman–Crippen MR) is 269 cm³/mol. The maximum Gasteiger partial charge on any atom is 0.324 e. The summed E-state index contributed by atoms with van der Waals surface area (Å²) in [6.45, 7) is 20.5. The molecule has 3 amide bonds.